The van der Waals surface area contributed by atoms with E-state index < -0.39 is 0 Å². The van der Waals surface area contributed by atoms with E-state index in [0.29, 0.717) is 5.96 Å². The summed E-state index contributed by atoms with van der Waals surface area (Å²) in [4.78, 5) is 8.97. The maximum Gasteiger partial charge on any atom is 0.237 e. The van der Waals surface area contributed by atoms with Gasteiger partial charge in [-0.3, -0.25) is 0 Å². The molecule has 1 aliphatic rings. The molecule has 52 valence electrons. The summed E-state index contributed by atoms with van der Waals surface area (Å²) in [6.07, 6.45) is 2.78. The Balaban J connectivity index is 2.60. The van der Waals surface area contributed by atoms with Crippen molar-refractivity contribution in [2.75, 3.05) is 13.1 Å². The molecular weight excluding hydrogens is 130 g/mol. The van der Waals surface area contributed by atoms with Crippen molar-refractivity contribution in [1.29, 1.82) is 5.26 Å². The summed E-state index contributed by atoms with van der Waals surface area (Å²) in [6, 6.07) is 0. The van der Waals surface area contributed by atoms with Crippen LogP contribution in [0.2, 0.25) is 0 Å². The zero-order chi connectivity index (χ0) is 7.40. The van der Waals surface area contributed by atoms with Crippen molar-refractivity contribution in [3.05, 3.63) is 0 Å². The molecule has 0 aromatic rings. The van der Waals surface area contributed by atoms with Gasteiger partial charge in [-0.1, -0.05) is 0 Å². The molecule has 1 heterocycles. The lowest BCUT2D eigenvalue weighted by atomic mass is 10.9. The van der Waals surface area contributed by atoms with Crippen LogP contribution in [0.5, 0.6) is 0 Å². The number of hydrogen-bond acceptors (Lipinski definition) is 2. The van der Waals surface area contributed by atoms with Gasteiger partial charge < -0.3 is 10.6 Å². The van der Waals surface area contributed by atoms with Gasteiger partial charge in [0.2, 0.25) is 12.2 Å². The van der Waals surface area contributed by atoms with Crippen LogP contribution in [0.1, 0.15) is 0 Å². The van der Waals surface area contributed by atoms with Crippen LogP contribution in [0.25, 0.3) is 0 Å². The Hall–Kier alpha value is -1.57. The second kappa shape index (κ2) is 2.82. The topological polar surface area (TPSA) is 77.5 Å². The minimum absolute atomic E-state index is 0.407. The Kier molecular flexibility index (Phi) is 1.85. The Morgan fingerprint density at radius 1 is 1.70 bits per heavy atom. The van der Waals surface area contributed by atoms with Crippen LogP contribution in [-0.2, 0) is 0 Å². The quantitative estimate of drug-likeness (QED) is 0.204. The smallest absolute Gasteiger partial charge is 0.237 e. The first-order chi connectivity index (χ1) is 4.88. The van der Waals surface area contributed by atoms with E-state index in [-0.39, 0.29) is 0 Å². The van der Waals surface area contributed by atoms with Crippen molar-refractivity contribution in [2.45, 2.75) is 0 Å². The molecule has 0 radical (unpaired) electrons. The summed E-state index contributed by atoms with van der Waals surface area (Å²) in [6.45, 7) is 1.83. The van der Waals surface area contributed by atoms with Crippen LogP contribution in [-0.4, -0.2) is 30.3 Å². The lowest BCUT2D eigenvalue weighted by molar-refractivity contribution is 0.831. The number of guanidine groups is 1. The van der Waals surface area contributed by atoms with Crippen molar-refractivity contribution in [1.82, 2.24) is 4.90 Å². The van der Waals surface area contributed by atoms with Gasteiger partial charge in [0, 0.05) is 13.1 Å². The number of nitrogens with two attached hydrogens (primary N) is 1. The van der Waals surface area contributed by atoms with E-state index in [1.165, 1.54) is 0 Å². The highest BCUT2D eigenvalue weighted by Gasteiger charge is 2.21. The SMILES string of the molecule is N#CN=C(N=CN)N1CC1. The molecule has 0 aromatic heterocycles. The maximum absolute atomic E-state index is 8.16. The van der Waals surface area contributed by atoms with Crippen molar-refractivity contribution < 1.29 is 0 Å². The first kappa shape index (κ1) is 6.55. The summed E-state index contributed by atoms with van der Waals surface area (Å²) < 4.78 is 0. The van der Waals surface area contributed by atoms with E-state index in [4.69, 9.17) is 11.0 Å². The van der Waals surface area contributed by atoms with Gasteiger partial charge in [0.15, 0.2) is 0 Å². The summed E-state index contributed by atoms with van der Waals surface area (Å²) >= 11 is 0. The standard InChI is InChI=1S/C5H7N5/c6-3-8-5(9-4-7)10-1-2-10/h3H,1-2H2,(H2,6,8,9). The van der Waals surface area contributed by atoms with Crippen LogP contribution in [0.3, 0.4) is 0 Å². The van der Waals surface area contributed by atoms with Gasteiger partial charge in [-0.15, -0.1) is 4.99 Å². The number of hydrogen-bond donors (Lipinski definition) is 1. The third-order valence-corrected chi connectivity index (χ3v) is 1.07. The Bertz CT molecular complexity index is 207. The molecule has 0 atom stereocenters. The molecule has 0 spiro atoms. The molecular formula is C5H7N5. The molecule has 2 N–H and O–H groups in total. The van der Waals surface area contributed by atoms with E-state index in [9.17, 15) is 0 Å². The fourth-order valence-corrected chi connectivity index (χ4v) is 0.543. The van der Waals surface area contributed by atoms with Gasteiger partial charge in [-0.2, -0.15) is 5.26 Å². The Morgan fingerprint density at radius 3 is 2.80 bits per heavy atom. The van der Waals surface area contributed by atoms with E-state index in [1.54, 1.807) is 6.19 Å². The van der Waals surface area contributed by atoms with Gasteiger partial charge in [0.25, 0.3) is 0 Å². The van der Waals surface area contributed by atoms with Crippen LogP contribution in [0.4, 0.5) is 0 Å². The molecule has 1 saturated heterocycles. The van der Waals surface area contributed by atoms with Gasteiger partial charge >= 0.3 is 0 Å². The van der Waals surface area contributed by atoms with Crippen LogP contribution < -0.4 is 5.73 Å². The molecule has 0 saturated carbocycles. The zero-order valence-electron chi connectivity index (χ0n) is 5.36. The molecule has 5 nitrogen and oxygen atoms in total. The molecule has 0 aromatic carbocycles. The molecule has 1 aliphatic heterocycles. The molecule has 0 unspecified atom stereocenters. The van der Waals surface area contributed by atoms with E-state index in [1.807, 2.05) is 4.90 Å². The monoisotopic (exact) mass is 137 g/mol. The highest BCUT2D eigenvalue weighted by molar-refractivity contribution is 5.88. The molecule has 0 bridgehead atoms. The van der Waals surface area contributed by atoms with Crippen LogP contribution in [0.15, 0.2) is 9.98 Å². The van der Waals surface area contributed by atoms with Crippen molar-refractivity contribution in [3.63, 3.8) is 0 Å². The van der Waals surface area contributed by atoms with E-state index >= 15 is 0 Å². The normalized spacial score (nSPS) is 17.5. The van der Waals surface area contributed by atoms with Crippen molar-refractivity contribution in [2.24, 2.45) is 15.7 Å². The summed E-state index contributed by atoms with van der Waals surface area (Å²) in [5.41, 5.74) is 5.02. The molecule has 10 heavy (non-hydrogen) atoms. The number of nitrogens with zero attached hydrogens (tertiary/aromatic N) is 4. The molecule has 5 heteroatoms. The number of aliphatic imine (C=N–C) groups is 2. The Morgan fingerprint density at radius 2 is 2.40 bits per heavy atom. The van der Waals surface area contributed by atoms with E-state index in [2.05, 4.69) is 9.98 Å². The van der Waals surface area contributed by atoms with Crippen molar-refractivity contribution >= 4 is 12.3 Å². The minimum Gasteiger partial charge on any atom is -0.390 e. The number of rotatable bonds is 0. The highest BCUT2D eigenvalue weighted by atomic mass is 15.4. The summed E-state index contributed by atoms with van der Waals surface area (Å²) in [7, 11) is 0. The first-order valence-corrected chi connectivity index (χ1v) is 2.84. The average molecular weight is 137 g/mol. The highest BCUT2D eigenvalue weighted by Crippen LogP contribution is 2.05. The number of nitriles is 1. The van der Waals surface area contributed by atoms with Crippen LogP contribution in [0, 0.1) is 11.5 Å². The fourth-order valence-electron chi connectivity index (χ4n) is 0.543. The zero-order valence-corrected chi connectivity index (χ0v) is 5.36. The third-order valence-electron chi connectivity index (χ3n) is 1.07. The van der Waals surface area contributed by atoms with Gasteiger partial charge in [0.05, 0.1) is 6.34 Å². The first-order valence-electron chi connectivity index (χ1n) is 2.84. The minimum atomic E-state index is 0.407. The molecule has 1 fully saturated rings. The second-order valence-electron chi connectivity index (χ2n) is 1.78. The van der Waals surface area contributed by atoms with Gasteiger partial charge in [-0.05, 0) is 0 Å². The van der Waals surface area contributed by atoms with Gasteiger partial charge in [0.1, 0.15) is 0 Å². The molecule has 1 rings (SSSR count). The lowest BCUT2D eigenvalue weighted by Crippen LogP contribution is -2.08. The Labute approximate surface area is 58.5 Å². The van der Waals surface area contributed by atoms with E-state index in [0.717, 1.165) is 19.4 Å². The average Bonchev–Trinajstić information content (AvgIpc) is 2.69. The maximum atomic E-state index is 8.16. The fraction of sp³-hybridized carbons (Fsp3) is 0.400. The lowest BCUT2D eigenvalue weighted by Gasteiger charge is -1.94. The summed E-state index contributed by atoms with van der Waals surface area (Å²) in [5.74, 6) is 0.407. The van der Waals surface area contributed by atoms with Gasteiger partial charge in [-0.25, -0.2) is 4.99 Å². The predicted molar refractivity (Wildman–Crippen MR) is 37.3 cm³/mol. The summed E-state index contributed by atoms with van der Waals surface area (Å²) in [5, 5.41) is 8.16. The van der Waals surface area contributed by atoms with Crippen molar-refractivity contribution in [3.8, 4) is 6.19 Å². The predicted octanol–water partition coefficient (Wildman–Crippen LogP) is -0.874. The second-order valence-corrected chi connectivity index (χ2v) is 1.78. The molecule has 0 aliphatic carbocycles. The molecule has 0 amide bonds. The largest absolute Gasteiger partial charge is 0.390 e. The van der Waals surface area contributed by atoms with Crippen LogP contribution >= 0.6 is 0 Å². The third kappa shape index (κ3) is 1.45.